The average Bonchev–Trinajstić information content (AvgIpc) is 2.25. The van der Waals surface area contributed by atoms with Crippen molar-refractivity contribution in [2.75, 3.05) is 53.6 Å². The number of nitrogens with zero attached hydrogens (tertiary/aromatic N) is 1. The van der Waals surface area contributed by atoms with Gasteiger partial charge in [-0.1, -0.05) is 6.92 Å². The van der Waals surface area contributed by atoms with Gasteiger partial charge in [-0.2, -0.15) is 0 Å². The first-order valence-corrected chi connectivity index (χ1v) is 5.64. The molecule has 0 aliphatic heterocycles. The van der Waals surface area contributed by atoms with E-state index in [1.54, 1.807) is 14.2 Å². The highest BCUT2D eigenvalue weighted by Gasteiger charge is 2.08. The van der Waals surface area contributed by atoms with E-state index in [2.05, 4.69) is 11.8 Å². The number of methoxy groups -OCH3 is 2. The molecule has 0 aromatic carbocycles. The monoisotopic (exact) mass is 218 g/mol. The summed E-state index contributed by atoms with van der Waals surface area (Å²) in [6.07, 6.45) is 1.07. The smallest absolute Gasteiger partial charge is 0.0589 e. The van der Waals surface area contributed by atoms with Crippen molar-refractivity contribution in [3.05, 3.63) is 0 Å². The maximum Gasteiger partial charge on any atom is 0.0589 e. The number of ether oxygens (including phenoxy) is 2. The Kier molecular flexibility index (Phi) is 10.3. The zero-order valence-corrected chi connectivity index (χ0v) is 10.4. The molecule has 0 rings (SSSR count). The average molecular weight is 218 g/mol. The van der Waals surface area contributed by atoms with Crippen LogP contribution in [0, 0.1) is 5.92 Å². The van der Waals surface area contributed by atoms with Crippen molar-refractivity contribution in [1.29, 1.82) is 0 Å². The highest BCUT2D eigenvalue weighted by Crippen LogP contribution is 1.99. The van der Waals surface area contributed by atoms with Gasteiger partial charge in [-0.15, -0.1) is 0 Å². The lowest BCUT2D eigenvalue weighted by atomic mass is 10.1. The van der Waals surface area contributed by atoms with Crippen LogP contribution < -0.4 is 5.73 Å². The minimum atomic E-state index is 0.546. The summed E-state index contributed by atoms with van der Waals surface area (Å²) in [6, 6.07) is 0. The summed E-state index contributed by atoms with van der Waals surface area (Å²) in [5.74, 6) is 0.546. The van der Waals surface area contributed by atoms with Crippen LogP contribution in [0.4, 0.5) is 0 Å². The zero-order chi connectivity index (χ0) is 11.5. The number of nitrogens with two attached hydrogens (primary N) is 1. The van der Waals surface area contributed by atoms with Gasteiger partial charge >= 0.3 is 0 Å². The molecule has 0 heterocycles. The summed E-state index contributed by atoms with van der Waals surface area (Å²) >= 11 is 0. The Morgan fingerprint density at radius 2 is 1.80 bits per heavy atom. The van der Waals surface area contributed by atoms with Gasteiger partial charge in [0.25, 0.3) is 0 Å². The van der Waals surface area contributed by atoms with Gasteiger partial charge < -0.3 is 20.1 Å². The fourth-order valence-corrected chi connectivity index (χ4v) is 1.46. The molecule has 0 aromatic heterocycles. The van der Waals surface area contributed by atoms with Crippen LogP contribution in [0.15, 0.2) is 0 Å². The quantitative estimate of drug-likeness (QED) is 0.545. The first kappa shape index (κ1) is 14.8. The molecule has 0 bridgehead atoms. The van der Waals surface area contributed by atoms with Crippen LogP contribution >= 0.6 is 0 Å². The zero-order valence-electron chi connectivity index (χ0n) is 10.4. The molecule has 0 aliphatic rings. The summed E-state index contributed by atoms with van der Waals surface area (Å²) < 4.78 is 10.1. The lowest BCUT2D eigenvalue weighted by Gasteiger charge is -2.24. The lowest BCUT2D eigenvalue weighted by Crippen LogP contribution is -2.35. The normalized spacial score (nSPS) is 13.4. The van der Waals surface area contributed by atoms with E-state index < -0.39 is 0 Å². The molecule has 15 heavy (non-hydrogen) atoms. The summed E-state index contributed by atoms with van der Waals surface area (Å²) in [6.45, 7) is 7.60. The van der Waals surface area contributed by atoms with Crippen LogP contribution in [-0.4, -0.2) is 58.5 Å². The molecular weight excluding hydrogens is 192 g/mol. The SMILES string of the molecule is COCCCN(CCOC)CC(C)CN. The summed E-state index contributed by atoms with van der Waals surface area (Å²) in [5, 5.41) is 0. The van der Waals surface area contributed by atoms with E-state index >= 15 is 0 Å². The first-order valence-electron chi connectivity index (χ1n) is 5.64. The van der Waals surface area contributed by atoms with Crippen molar-refractivity contribution >= 4 is 0 Å². The van der Waals surface area contributed by atoms with Crippen molar-refractivity contribution < 1.29 is 9.47 Å². The number of rotatable bonds is 10. The predicted octanol–water partition coefficient (Wildman–Crippen LogP) is 0.566. The number of hydrogen-bond acceptors (Lipinski definition) is 4. The topological polar surface area (TPSA) is 47.7 Å². The Labute approximate surface area is 93.7 Å². The third-order valence-corrected chi connectivity index (χ3v) is 2.41. The molecule has 0 saturated heterocycles. The largest absolute Gasteiger partial charge is 0.385 e. The van der Waals surface area contributed by atoms with E-state index in [1.807, 2.05) is 0 Å². The molecule has 0 fully saturated rings. The molecule has 4 nitrogen and oxygen atoms in total. The van der Waals surface area contributed by atoms with Crippen molar-refractivity contribution in [3.63, 3.8) is 0 Å². The summed E-state index contributed by atoms with van der Waals surface area (Å²) in [5.41, 5.74) is 5.62. The summed E-state index contributed by atoms with van der Waals surface area (Å²) in [7, 11) is 3.47. The Balaban J connectivity index is 3.72. The minimum Gasteiger partial charge on any atom is -0.385 e. The molecule has 0 aromatic rings. The van der Waals surface area contributed by atoms with Crippen LogP contribution in [0.25, 0.3) is 0 Å². The fourth-order valence-electron chi connectivity index (χ4n) is 1.46. The highest BCUT2D eigenvalue weighted by atomic mass is 16.5. The molecule has 1 atom stereocenters. The van der Waals surface area contributed by atoms with Crippen molar-refractivity contribution in [1.82, 2.24) is 4.90 Å². The molecule has 2 N–H and O–H groups in total. The van der Waals surface area contributed by atoms with Crippen molar-refractivity contribution in [3.8, 4) is 0 Å². The predicted molar refractivity (Wildman–Crippen MR) is 63.0 cm³/mol. The second kappa shape index (κ2) is 10.4. The van der Waals surface area contributed by atoms with Crippen molar-refractivity contribution in [2.45, 2.75) is 13.3 Å². The van der Waals surface area contributed by atoms with Crippen LogP contribution in [0.5, 0.6) is 0 Å². The molecule has 0 aliphatic carbocycles. The number of hydrogen-bond donors (Lipinski definition) is 1. The Morgan fingerprint density at radius 3 is 2.33 bits per heavy atom. The van der Waals surface area contributed by atoms with Gasteiger partial charge in [0, 0.05) is 40.5 Å². The first-order chi connectivity index (χ1) is 7.24. The van der Waals surface area contributed by atoms with Crippen molar-refractivity contribution in [2.24, 2.45) is 11.7 Å². The van der Waals surface area contributed by atoms with E-state index in [0.29, 0.717) is 5.92 Å². The van der Waals surface area contributed by atoms with Crippen LogP contribution in [-0.2, 0) is 9.47 Å². The van der Waals surface area contributed by atoms with Gasteiger partial charge in [-0.05, 0) is 18.9 Å². The Morgan fingerprint density at radius 1 is 1.13 bits per heavy atom. The van der Waals surface area contributed by atoms with Gasteiger partial charge in [0.05, 0.1) is 6.61 Å². The molecule has 4 heteroatoms. The third kappa shape index (κ3) is 8.81. The maximum atomic E-state index is 5.62. The highest BCUT2D eigenvalue weighted by molar-refractivity contribution is 4.63. The molecule has 1 unspecified atom stereocenters. The Bertz CT molecular complexity index is 134. The van der Waals surface area contributed by atoms with Gasteiger partial charge in [-0.3, -0.25) is 0 Å². The van der Waals surface area contributed by atoms with Gasteiger partial charge in [0.2, 0.25) is 0 Å². The molecule has 0 spiro atoms. The van der Waals surface area contributed by atoms with Crippen LogP contribution in [0.1, 0.15) is 13.3 Å². The van der Waals surface area contributed by atoms with E-state index in [4.69, 9.17) is 15.2 Å². The molecule has 0 saturated carbocycles. The van der Waals surface area contributed by atoms with Crippen LogP contribution in [0.3, 0.4) is 0 Å². The second-order valence-electron chi connectivity index (χ2n) is 3.98. The molecule has 92 valence electrons. The van der Waals surface area contributed by atoms with Gasteiger partial charge in [0.15, 0.2) is 0 Å². The minimum absolute atomic E-state index is 0.546. The molecule has 0 amide bonds. The standard InChI is InChI=1S/C11H26N2O2/c1-11(9-12)10-13(6-8-15-3)5-4-7-14-2/h11H,4-10,12H2,1-3H3. The van der Waals surface area contributed by atoms with E-state index in [0.717, 1.165) is 45.8 Å². The molecule has 0 radical (unpaired) electrons. The fraction of sp³-hybridized carbons (Fsp3) is 1.00. The second-order valence-corrected chi connectivity index (χ2v) is 3.98. The Hall–Kier alpha value is -0.160. The van der Waals surface area contributed by atoms with Gasteiger partial charge in [0.1, 0.15) is 0 Å². The molecular formula is C11H26N2O2. The third-order valence-electron chi connectivity index (χ3n) is 2.41. The lowest BCUT2D eigenvalue weighted by molar-refractivity contribution is 0.125. The van der Waals surface area contributed by atoms with Gasteiger partial charge in [-0.25, -0.2) is 0 Å². The van der Waals surface area contributed by atoms with Crippen LogP contribution in [0.2, 0.25) is 0 Å². The maximum absolute atomic E-state index is 5.62. The van der Waals surface area contributed by atoms with E-state index in [1.165, 1.54) is 0 Å². The summed E-state index contributed by atoms with van der Waals surface area (Å²) in [4.78, 5) is 2.39. The van der Waals surface area contributed by atoms with E-state index in [9.17, 15) is 0 Å². The van der Waals surface area contributed by atoms with E-state index in [-0.39, 0.29) is 0 Å².